The fraction of sp³-hybridized carbons (Fsp3) is 0.222. The molecule has 0 atom stereocenters. The van der Waals surface area contributed by atoms with Crippen LogP contribution < -0.4 is 4.73 Å². The molecule has 0 N–H and O–H groups in total. The van der Waals surface area contributed by atoms with Gasteiger partial charge in [0.25, 0.3) is 5.03 Å². The Balaban J connectivity index is 2.36. The van der Waals surface area contributed by atoms with Gasteiger partial charge in [-0.05, 0) is 12.5 Å². The fourth-order valence-corrected chi connectivity index (χ4v) is 2.73. The Morgan fingerprint density at radius 3 is 3.08 bits per heavy atom. The summed E-state index contributed by atoms with van der Waals surface area (Å²) in [6, 6.07) is 5.41. The molecule has 0 aliphatic carbocycles. The smallest absolute Gasteiger partial charge is 0.261 e. The van der Waals surface area contributed by atoms with Crippen molar-refractivity contribution in [2.24, 2.45) is 0 Å². The second-order valence-corrected chi connectivity index (χ2v) is 4.78. The molecule has 0 unspecified atom stereocenters. The minimum Gasteiger partial charge on any atom is -0.618 e. The molecule has 0 amide bonds. The van der Waals surface area contributed by atoms with Crippen LogP contribution in [0.4, 0.5) is 0 Å². The molecule has 0 aliphatic heterocycles. The fourth-order valence-electron chi connectivity index (χ4n) is 0.711. The molecule has 0 bridgehead atoms. The summed E-state index contributed by atoms with van der Waals surface area (Å²) in [6.07, 6.45) is 4.36. The van der Waals surface area contributed by atoms with Crippen molar-refractivity contribution in [2.45, 2.75) is 11.4 Å². The molecule has 0 fully saturated rings. The van der Waals surface area contributed by atoms with Gasteiger partial charge in [0.1, 0.15) is 0 Å². The summed E-state index contributed by atoms with van der Waals surface area (Å²) in [4.78, 5) is 0. The lowest BCUT2D eigenvalue weighted by Crippen LogP contribution is -2.27. The average molecular weight is 213 g/mol. The highest BCUT2D eigenvalue weighted by molar-refractivity contribution is 8.76. The van der Waals surface area contributed by atoms with Crippen molar-refractivity contribution in [3.63, 3.8) is 0 Å². The lowest BCUT2D eigenvalue weighted by molar-refractivity contribution is -0.645. The number of allylic oxidation sites excluding steroid dienone is 1. The Kier molecular flexibility index (Phi) is 4.78. The third kappa shape index (κ3) is 3.74. The molecule has 70 valence electrons. The first-order valence-electron chi connectivity index (χ1n) is 3.93. The van der Waals surface area contributed by atoms with Crippen LogP contribution in [-0.2, 0) is 0 Å². The second kappa shape index (κ2) is 5.94. The highest BCUT2D eigenvalue weighted by Crippen LogP contribution is 2.28. The topological polar surface area (TPSA) is 26.9 Å². The van der Waals surface area contributed by atoms with Gasteiger partial charge in [-0.25, -0.2) is 0 Å². The molecule has 0 spiro atoms. The van der Waals surface area contributed by atoms with Crippen LogP contribution in [0.1, 0.15) is 6.42 Å². The minimum atomic E-state index is 0.733. The molecule has 0 aromatic carbocycles. The van der Waals surface area contributed by atoms with E-state index in [1.165, 1.54) is 17.0 Å². The summed E-state index contributed by atoms with van der Waals surface area (Å²) in [7, 11) is 3.18. The molecule has 4 heteroatoms. The van der Waals surface area contributed by atoms with Gasteiger partial charge in [0.05, 0.1) is 0 Å². The van der Waals surface area contributed by atoms with Crippen molar-refractivity contribution in [3.8, 4) is 0 Å². The van der Waals surface area contributed by atoms with E-state index in [-0.39, 0.29) is 0 Å². The van der Waals surface area contributed by atoms with Crippen LogP contribution in [0, 0.1) is 5.21 Å². The zero-order valence-electron chi connectivity index (χ0n) is 7.18. The van der Waals surface area contributed by atoms with E-state index in [9.17, 15) is 5.21 Å². The first kappa shape index (κ1) is 10.5. The number of aromatic nitrogens is 1. The maximum Gasteiger partial charge on any atom is 0.261 e. The van der Waals surface area contributed by atoms with Gasteiger partial charge in [-0.2, -0.15) is 4.73 Å². The predicted molar refractivity (Wildman–Crippen MR) is 58.5 cm³/mol. The van der Waals surface area contributed by atoms with E-state index in [1.54, 1.807) is 16.9 Å². The van der Waals surface area contributed by atoms with Gasteiger partial charge in [0.15, 0.2) is 6.20 Å². The quantitative estimate of drug-likeness (QED) is 0.247. The lowest BCUT2D eigenvalue weighted by Gasteiger charge is -2.01. The van der Waals surface area contributed by atoms with E-state index in [2.05, 4.69) is 6.58 Å². The Labute approximate surface area is 86.0 Å². The molecule has 1 rings (SSSR count). The largest absolute Gasteiger partial charge is 0.618 e. The van der Waals surface area contributed by atoms with Crippen LogP contribution in [-0.4, -0.2) is 5.75 Å². The van der Waals surface area contributed by atoms with Crippen LogP contribution in [0.5, 0.6) is 0 Å². The third-order valence-electron chi connectivity index (χ3n) is 1.34. The zero-order chi connectivity index (χ0) is 9.52. The Hall–Kier alpha value is -0.610. The van der Waals surface area contributed by atoms with E-state index in [0.717, 1.165) is 21.9 Å². The van der Waals surface area contributed by atoms with E-state index < -0.39 is 0 Å². The van der Waals surface area contributed by atoms with Gasteiger partial charge in [0, 0.05) is 28.7 Å². The highest BCUT2D eigenvalue weighted by atomic mass is 33.1. The van der Waals surface area contributed by atoms with Gasteiger partial charge in [-0.1, -0.05) is 16.9 Å². The zero-order valence-corrected chi connectivity index (χ0v) is 8.81. The van der Waals surface area contributed by atoms with Gasteiger partial charge in [0.2, 0.25) is 0 Å². The minimum absolute atomic E-state index is 0.733. The maximum atomic E-state index is 11.1. The molecule has 0 saturated carbocycles. The first-order valence-corrected chi connectivity index (χ1v) is 6.25. The normalized spacial score (nSPS) is 9.85. The monoisotopic (exact) mass is 213 g/mol. The summed E-state index contributed by atoms with van der Waals surface area (Å²) < 4.78 is 0.881. The van der Waals surface area contributed by atoms with Gasteiger partial charge >= 0.3 is 0 Å². The van der Waals surface area contributed by atoms with Crippen molar-refractivity contribution in [3.05, 3.63) is 42.3 Å². The molecule has 0 radical (unpaired) electrons. The number of hydrogen-bond donors (Lipinski definition) is 0. The number of pyridine rings is 1. The number of hydrogen-bond acceptors (Lipinski definition) is 3. The van der Waals surface area contributed by atoms with Crippen molar-refractivity contribution in [1.29, 1.82) is 0 Å². The molecular formula is C9H11NOS2. The van der Waals surface area contributed by atoms with Crippen molar-refractivity contribution < 1.29 is 4.73 Å². The SMILES string of the molecule is C=CCCSSc1cccc[n+]1[O-]. The van der Waals surface area contributed by atoms with Crippen LogP contribution in [0.2, 0.25) is 0 Å². The predicted octanol–water partition coefficient (Wildman–Crippen LogP) is 2.64. The van der Waals surface area contributed by atoms with Crippen LogP contribution in [0.3, 0.4) is 0 Å². The van der Waals surface area contributed by atoms with E-state index in [1.807, 2.05) is 18.2 Å². The number of nitrogens with zero attached hydrogens (tertiary/aromatic N) is 1. The molecule has 2 nitrogen and oxygen atoms in total. The van der Waals surface area contributed by atoms with Crippen molar-refractivity contribution in [1.82, 2.24) is 0 Å². The molecule has 1 aromatic heterocycles. The van der Waals surface area contributed by atoms with E-state index >= 15 is 0 Å². The molecule has 1 heterocycles. The summed E-state index contributed by atoms with van der Waals surface area (Å²) in [5.41, 5.74) is 0. The van der Waals surface area contributed by atoms with Crippen molar-refractivity contribution in [2.75, 3.05) is 5.75 Å². The maximum absolute atomic E-state index is 11.1. The van der Waals surface area contributed by atoms with Crippen LogP contribution in [0.25, 0.3) is 0 Å². The second-order valence-electron chi connectivity index (χ2n) is 2.35. The molecule has 13 heavy (non-hydrogen) atoms. The summed E-state index contributed by atoms with van der Waals surface area (Å²) in [5.74, 6) is 0.989. The van der Waals surface area contributed by atoms with Crippen LogP contribution >= 0.6 is 21.6 Å². The Morgan fingerprint density at radius 2 is 2.38 bits per heavy atom. The van der Waals surface area contributed by atoms with Gasteiger partial charge in [-0.3, -0.25) is 0 Å². The van der Waals surface area contributed by atoms with Crippen molar-refractivity contribution >= 4 is 21.6 Å². The molecule has 1 aromatic rings. The Morgan fingerprint density at radius 1 is 1.54 bits per heavy atom. The molecule has 0 saturated heterocycles. The summed E-state index contributed by atoms with van der Waals surface area (Å²) >= 11 is 0. The first-order chi connectivity index (χ1) is 6.34. The number of rotatable bonds is 5. The van der Waals surface area contributed by atoms with E-state index in [4.69, 9.17) is 0 Å². The van der Waals surface area contributed by atoms with Gasteiger partial charge in [-0.15, -0.1) is 6.58 Å². The van der Waals surface area contributed by atoms with E-state index in [0.29, 0.717) is 0 Å². The highest BCUT2D eigenvalue weighted by Gasteiger charge is 2.03. The summed E-state index contributed by atoms with van der Waals surface area (Å²) in [5, 5.41) is 11.9. The lowest BCUT2D eigenvalue weighted by atomic mass is 10.5. The standard InChI is InChI=1S/C9H11NOS2/c1-2-3-8-12-13-9-6-4-5-7-10(9)11/h2,4-7H,1,3,8H2. The van der Waals surface area contributed by atoms with Gasteiger partial charge < -0.3 is 5.21 Å². The van der Waals surface area contributed by atoms with Crippen LogP contribution in [0.15, 0.2) is 42.1 Å². The third-order valence-corrected chi connectivity index (χ3v) is 3.71. The molecular weight excluding hydrogens is 202 g/mol. The summed E-state index contributed by atoms with van der Waals surface area (Å²) in [6.45, 7) is 3.63. The average Bonchev–Trinajstić information content (AvgIpc) is 2.15. The Bertz CT molecular complexity index is 278. The molecule has 0 aliphatic rings.